The number of benzene rings is 3. The van der Waals surface area contributed by atoms with Crippen molar-refractivity contribution in [1.82, 2.24) is 14.8 Å². The van der Waals surface area contributed by atoms with Gasteiger partial charge in [-0.2, -0.15) is 0 Å². The van der Waals surface area contributed by atoms with E-state index in [0.717, 1.165) is 56.1 Å². The summed E-state index contributed by atoms with van der Waals surface area (Å²) < 4.78 is 13.3. The lowest BCUT2D eigenvalue weighted by Gasteiger charge is -2.31. The minimum absolute atomic E-state index is 0.0590. The first kappa shape index (κ1) is 23.6. The highest BCUT2D eigenvalue weighted by atomic mass is 16.7. The average Bonchev–Trinajstić information content (AvgIpc) is 3.53. The highest BCUT2D eigenvalue weighted by molar-refractivity contribution is 5.81. The number of para-hydroxylation sites is 1. The molecule has 3 heterocycles. The van der Waals surface area contributed by atoms with Crippen LogP contribution in [0.2, 0.25) is 0 Å². The molecule has 2 aliphatic rings. The van der Waals surface area contributed by atoms with Crippen LogP contribution in [-0.4, -0.2) is 35.3 Å². The van der Waals surface area contributed by atoms with Gasteiger partial charge in [-0.05, 0) is 73.6 Å². The number of piperidine rings is 1. The molecule has 0 spiro atoms. The van der Waals surface area contributed by atoms with E-state index in [0.29, 0.717) is 6.54 Å². The van der Waals surface area contributed by atoms with Gasteiger partial charge in [0.2, 0.25) is 12.7 Å². The van der Waals surface area contributed by atoms with Crippen molar-refractivity contribution in [3.63, 3.8) is 0 Å². The number of rotatable bonds is 7. The van der Waals surface area contributed by atoms with Crippen LogP contribution in [0.4, 0.5) is 0 Å². The fourth-order valence-corrected chi connectivity index (χ4v) is 5.43. The third kappa shape index (κ3) is 5.20. The molecule has 0 saturated carbocycles. The highest BCUT2D eigenvalue weighted by Gasteiger charge is 2.26. The molecule has 6 nitrogen and oxygen atoms in total. The molecule has 2 aliphatic heterocycles. The normalized spacial score (nSPS) is 15.8. The molecule has 0 radical (unpaired) electrons. The van der Waals surface area contributed by atoms with Crippen LogP contribution in [0.5, 0.6) is 11.5 Å². The van der Waals surface area contributed by atoms with E-state index < -0.39 is 0 Å². The topological polar surface area (TPSA) is 55.7 Å². The Balaban J connectivity index is 1.07. The Labute approximate surface area is 217 Å². The zero-order chi connectivity index (χ0) is 25.2. The lowest BCUT2D eigenvalue weighted by Crippen LogP contribution is -2.40. The van der Waals surface area contributed by atoms with E-state index in [2.05, 4.69) is 76.3 Å². The summed E-state index contributed by atoms with van der Waals surface area (Å²) >= 11 is 0. The number of hydrogen-bond acceptors (Lipinski definition) is 4. The monoisotopic (exact) mass is 495 g/mol. The molecular formula is C31H33N3O3. The third-order valence-electron chi connectivity index (χ3n) is 7.61. The minimum atomic E-state index is 0.0590. The van der Waals surface area contributed by atoms with Crippen molar-refractivity contribution in [2.75, 3.05) is 19.9 Å². The zero-order valence-corrected chi connectivity index (χ0v) is 21.3. The highest BCUT2D eigenvalue weighted by Crippen LogP contribution is 2.32. The number of aromatic nitrogens is 1. The molecular weight excluding hydrogens is 462 g/mol. The number of carbonyl (C=O) groups excluding carboxylic acids is 1. The lowest BCUT2D eigenvalue weighted by molar-refractivity contribution is -0.126. The van der Waals surface area contributed by atoms with Gasteiger partial charge in [-0.15, -0.1) is 0 Å². The molecule has 1 saturated heterocycles. The summed E-state index contributed by atoms with van der Waals surface area (Å²) in [5, 5.41) is 4.40. The van der Waals surface area contributed by atoms with Crippen molar-refractivity contribution in [2.45, 2.75) is 39.4 Å². The SMILES string of the molecule is Cc1ccc(Cn2c(CN3CCC(C(=O)NCc4ccc5c(c4)OCO5)CC3)cc3ccccc32)cc1. The second kappa shape index (κ2) is 10.3. The first-order valence-electron chi connectivity index (χ1n) is 13.1. The van der Waals surface area contributed by atoms with Gasteiger partial charge in [-0.25, -0.2) is 0 Å². The van der Waals surface area contributed by atoms with Gasteiger partial charge in [-0.1, -0.05) is 54.1 Å². The number of ether oxygens (including phenoxy) is 2. The Kier molecular flexibility index (Phi) is 6.58. The maximum atomic E-state index is 12.9. The molecule has 1 amide bonds. The number of nitrogens with one attached hydrogen (secondary N) is 1. The molecule has 4 aromatic rings. The van der Waals surface area contributed by atoms with Crippen molar-refractivity contribution < 1.29 is 14.3 Å². The number of nitrogens with zero attached hydrogens (tertiary/aromatic N) is 2. The largest absolute Gasteiger partial charge is 0.454 e. The number of fused-ring (bicyclic) bond motifs is 2. The lowest BCUT2D eigenvalue weighted by atomic mass is 9.95. The molecule has 1 fully saturated rings. The van der Waals surface area contributed by atoms with Crippen LogP contribution < -0.4 is 14.8 Å². The van der Waals surface area contributed by atoms with Crippen LogP contribution in [0.25, 0.3) is 10.9 Å². The second-order valence-electron chi connectivity index (χ2n) is 10.2. The number of carbonyl (C=O) groups is 1. The van der Waals surface area contributed by atoms with Crippen LogP contribution in [-0.2, 0) is 24.4 Å². The molecule has 6 heteroatoms. The van der Waals surface area contributed by atoms with Gasteiger partial charge in [0, 0.05) is 36.8 Å². The predicted octanol–water partition coefficient (Wildman–Crippen LogP) is 5.26. The fourth-order valence-electron chi connectivity index (χ4n) is 5.43. The summed E-state index contributed by atoms with van der Waals surface area (Å²) in [5.41, 5.74) is 6.22. The fraction of sp³-hybridized carbons (Fsp3) is 0.323. The predicted molar refractivity (Wildman–Crippen MR) is 145 cm³/mol. The van der Waals surface area contributed by atoms with Crippen molar-refractivity contribution >= 4 is 16.8 Å². The molecule has 1 N–H and O–H groups in total. The zero-order valence-electron chi connectivity index (χ0n) is 21.3. The Bertz CT molecular complexity index is 1400. The van der Waals surface area contributed by atoms with E-state index in [-0.39, 0.29) is 18.6 Å². The van der Waals surface area contributed by atoms with Gasteiger partial charge in [0.05, 0.1) is 0 Å². The van der Waals surface area contributed by atoms with E-state index in [9.17, 15) is 4.79 Å². The quantitative estimate of drug-likeness (QED) is 0.380. The molecule has 190 valence electrons. The first-order chi connectivity index (χ1) is 18.1. The van der Waals surface area contributed by atoms with E-state index in [1.54, 1.807) is 0 Å². The summed E-state index contributed by atoms with van der Waals surface area (Å²) in [6, 6.07) is 25.6. The Morgan fingerprint density at radius 3 is 2.49 bits per heavy atom. The number of aryl methyl sites for hydroxylation is 1. The summed E-state index contributed by atoms with van der Waals surface area (Å²) in [5.74, 6) is 1.72. The first-order valence-corrected chi connectivity index (χ1v) is 13.1. The average molecular weight is 496 g/mol. The molecule has 37 heavy (non-hydrogen) atoms. The molecule has 0 atom stereocenters. The maximum Gasteiger partial charge on any atom is 0.231 e. The Hall–Kier alpha value is -3.77. The second-order valence-corrected chi connectivity index (χ2v) is 10.2. The Morgan fingerprint density at radius 2 is 1.65 bits per heavy atom. The smallest absolute Gasteiger partial charge is 0.231 e. The number of likely N-dealkylation sites (tertiary alicyclic amines) is 1. The van der Waals surface area contributed by atoms with E-state index in [1.807, 2.05) is 18.2 Å². The Morgan fingerprint density at radius 1 is 0.892 bits per heavy atom. The number of amides is 1. The van der Waals surface area contributed by atoms with Gasteiger partial charge in [0.15, 0.2) is 11.5 Å². The van der Waals surface area contributed by atoms with Gasteiger partial charge >= 0.3 is 0 Å². The third-order valence-corrected chi connectivity index (χ3v) is 7.61. The van der Waals surface area contributed by atoms with Gasteiger partial charge in [0.25, 0.3) is 0 Å². The van der Waals surface area contributed by atoms with Gasteiger partial charge < -0.3 is 19.4 Å². The molecule has 1 aromatic heterocycles. The van der Waals surface area contributed by atoms with Crippen LogP contribution >= 0.6 is 0 Å². The molecule has 0 bridgehead atoms. The molecule has 3 aromatic carbocycles. The standard InChI is InChI=1S/C31H33N3O3/c1-22-6-8-23(9-7-22)19-34-27(17-26-4-2-3-5-28(26)34)20-33-14-12-25(13-15-33)31(35)32-18-24-10-11-29-30(16-24)37-21-36-29/h2-11,16-17,25H,12-15,18-21H2,1H3,(H,32,35). The number of hydrogen-bond donors (Lipinski definition) is 1. The van der Waals surface area contributed by atoms with Gasteiger partial charge in [0.1, 0.15) is 0 Å². The van der Waals surface area contributed by atoms with Gasteiger partial charge in [-0.3, -0.25) is 9.69 Å². The summed E-state index contributed by atoms with van der Waals surface area (Å²) in [7, 11) is 0. The van der Waals surface area contributed by atoms with Crippen molar-refractivity contribution in [3.05, 3.63) is 95.2 Å². The van der Waals surface area contributed by atoms with E-state index in [4.69, 9.17) is 9.47 Å². The van der Waals surface area contributed by atoms with Crippen molar-refractivity contribution in [3.8, 4) is 11.5 Å². The summed E-state index contributed by atoms with van der Waals surface area (Å²) in [6.07, 6.45) is 1.76. The van der Waals surface area contributed by atoms with Crippen LogP contribution in [0, 0.1) is 12.8 Å². The van der Waals surface area contributed by atoms with E-state index in [1.165, 1.54) is 27.7 Å². The van der Waals surface area contributed by atoms with Crippen LogP contribution in [0.3, 0.4) is 0 Å². The summed E-state index contributed by atoms with van der Waals surface area (Å²) in [6.45, 7) is 6.50. The van der Waals surface area contributed by atoms with Crippen molar-refractivity contribution in [2.24, 2.45) is 5.92 Å². The summed E-state index contributed by atoms with van der Waals surface area (Å²) in [4.78, 5) is 15.4. The molecule has 6 rings (SSSR count). The van der Waals surface area contributed by atoms with Crippen molar-refractivity contribution in [1.29, 1.82) is 0 Å². The maximum absolute atomic E-state index is 12.9. The van der Waals surface area contributed by atoms with E-state index >= 15 is 0 Å². The molecule has 0 unspecified atom stereocenters. The minimum Gasteiger partial charge on any atom is -0.454 e. The van der Waals surface area contributed by atoms with Crippen LogP contribution in [0.15, 0.2) is 72.8 Å². The molecule has 0 aliphatic carbocycles. The van der Waals surface area contributed by atoms with Crippen LogP contribution in [0.1, 0.15) is 35.2 Å².